The largest absolute Gasteiger partial charge is 0.296 e. The predicted octanol–water partition coefficient (Wildman–Crippen LogP) is 4.92. The first-order chi connectivity index (χ1) is 13.4. The molecule has 0 radical (unpaired) electrons. The van der Waals surface area contributed by atoms with Gasteiger partial charge in [0.15, 0.2) is 0 Å². The topological polar surface area (TPSA) is 42.7 Å². The van der Waals surface area contributed by atoms with E-state index in [-0.39, 0.29) is 6.04 Å². The Morgan fingerprint density at radius 2 is 1.22 bits per heavy atom. The molecule has 0 aliphatic heterocycles. The smallest absolute Gasteiger partial charge is 0.139 e. The quantitative estimate of drug-likeness (QED) is 0.500. The first-order valence-electron chi connectivity index (χ1n) is 8.97. The van der Waals surface area contributed by atoms with E-state index in [0.717, 1.165) is 0 Å². The van der Waals surface area contributed by atoms with Gasteiger partial charge >= 0.3 is 0 Å². The van der Waals surface area contributed by atoms with Gasteiger partial charge in [0, 0.05) is 0 Å². The summed E-state index contributed by atoms with van der Waals surface area (Å²) in [5.41, 5.74) is 5.94. The molecular formula is C23H18N4. The van der Waals surface area contributed by atoms with Gasteiger partial charge in [0.25, 0.3) is 0 Å². The third kappa shape index (κ3) is 2.81. The number of fused-ring (bicyclic) bond motifs is 2. The van der Waals surface area contributed by atoms with Crippen molar-refractivity contribution in [3.05, 3.63) is 109 Å². The third-order valence-corrected chi connectivity index (χ3v) is 4.95. The van der Waals surface area contributed by atoms with Crippen LogP contribution in [0.3, 0.4) is 0 Å². The summed E-state index contributed by atoms with van der Waals surface area (Å²) >= 11 is 0. The van der Waals surface area contributed by atoms with Crippen LogP contribution < -0.4 is 5.43 Å². The molecule has 0 fully saturated rings. The molecule has 130 valence electrons. The van der Waals surface area contributed by atoms with Crippen LogP contribution in [0.1, 0.15) is 17.2 Å². The van der Waals surface area contributed by atoms with Gasteiger partial charge in [-0.05, 0) is 32.7 Å². The maximum atomic E-state index is 4.26. The highest BCUT2D eigenvalue weighted by molar-refractivity contribution is 5.90. The van der Waals surface area contributed by atoms with E-state index in [9.17, 15) is 0 Å². The molecule has 0 amide bonds. The number of benzene rings is 4. The van der Waals surface area contributed by atoms with Gasteiger partial charge in [-0.15, -0.1) is 5.10 Å². The molecule has 0 saturated carbocycles. The highest BCUT2D eigenvalue weighted by atomic mass is 15.6. The molecule has 4 aromatic carbocycles. The number of nitrogens with zero attached hydrogens (tertiary/aromatic N) is 3. The highest BCUT2D eigenvalue weighted by Crippen LogP contribution is 2.33. The third-order valence-electron chi connectivity index (χ3n) is 4.95. The molecule has 27 heavy (non-hydrogen) atoms. The molecule has 0 spiro atoms. The zero-order valence-corrected chi connectivity index (χ0v) is 14.7. The molecule has 0 aliphatic rings. The zero-order chi connectivity index (χ0) is 18.1. The van der Waals surface area contributed by atoms with E-state index in [1.807, 2.05) is 0 Å². The van der Waals surface area contributed by atoms with Crippen molar-refractivity contribution in [2.75, 3.05) is 5.43 Å². The van der Waals surface area contributed by atoms with Crippen LogP contribution in [0.15, 0.2) is 97.6 Å². The molecule has 1 aromatic heterocycles. The minimum absolute atomic E-state index is 0.0658. The lowest BCUT2D eigenvalue weighted by atomic mass is 9.91. The van der Waals surface area contributed by atoms with E-state index in [2.05, 4.69) is 100 Å². The Balaban J connectivity index is 1.76. The van der Waals surface area contributed by atoms with Gasteiger partial charge in [0.05, 0.1) is 6.04 Å². The second kappa shape index (κ2) is 6.57. The van der Waals surface area contributed by atoms with Crippen LogP contribution in [0.4, 0.5) is 0 Å². The molecule has 0 saturated heterocycles. The molecule has 0 bridgehead atoms. The van der Waals surface area contributed by atoms with E-state index in [4.69, 9.17) is 0 Å². The minimum atomic E-state index is -0.0658. The molecule has 1 heterocycles. The molecule has 0 atom stereocenters. The van der Waals surface area contributed by atoms with Crippen molar-refractivity contribution >= 4 is 21.5 Å². The Kier molecular flexibility index (Phi) is 3.79. The van der Waals surface area contributed by atoms with E-state index < -0.39 is 0 Å². The molecule has 4 heteroatoms. The first-order valence-corrected chi connectivity index (χ1v) is 8.97. The molecule has 0 aliphatic carbocycles. The molecule has 5 rings (SSSR count). The number of nitrogens with one attached hydrogen (secondary N) is 1. The van der Waals surface area contributed by atoms with E-state index in [1.54, 1.807) is 11.1 Å². The van der Waals surface area contributed by atoms with Gasteiger partial charge in [-0.25, -0.2) is 4.98 Å². The summed E-state index contributed by atoms with van der Waals surface area (Å²) in [6, 6.07) is 29.8. The molecule has 0 unspecified atom stereocenters. The SMILES string of the molecule is c1ccc2c(C(Nn3cncn3)c3cccc4ccccc34)cccc2c1. The molecular weight excluding hydrogens is 332 g/mol. The van der Waals surface area contributed by atoms with Crippen molar-refractivity contribution in [3.8, 4) is 0 Å². The van der Waals surface area contributed by atoms with Crippen molar-refractivity contribution < 1.29 is 0 Å². The van der Waals surface area contributed by atoms with Crippen LogP contribution >= 0.6 is 0 Å². The molecule has 1 N–H and O–H groups in total. The number of hydrogen-bond acceptors (Lipinski definition) is 3. The van der Waals surface area contributed by atoms with Gasteiger partial charge in [-0.2, -0.15) is 4.79 Å². The van der Waals surface area contributed by atoms with Crippen LogP contribution in [0.2, 0.25) is 0 Å². The Morgan fingerprint density at radius 3 is 1.78 bits per heavy atom. The first kappa shape index (κ1) is 15.6. The summed E-state index contributed by atoms with van der Waals surface area (Å²) in [4.78, 5) is 5.75. The fraction of sp³-hybridized carbons (Fsp3) is 0.0435. The van der Waals surface area contributed by atoms with Crippen molar-refractivity contribution in [2.45, 2.75) is 6.04 Å². The van der Waals surface area contributed by atoms with Crippen LogP contribution in [0, 0.1) is 0 Å². The standard InChI is InChI=1S/C23H18N4/c1-3-11-19-17(7-1)9-5-13-21(19)23(26-27-16-24-15-25-27)22-14-6-10-18-8-2-4-12-20(18)22/h1-16,23,26H. The van der Waals surface area contributed by atoms with Crippen LogP contribution in [-0.2, 0) is 0 Å². The number of rotatable bonds is 4. The normalized spacial score (nSPS) is 11.3. The Bertz CT molecular complexity index is 1120. The summed E-state index contributed by atoms with van der Waals surface area (Å²) < 4.78 is 0. The average molecular weight is 350 g/mol. The fourth-order valence-corrected chi connectivity index (χ4v) is 3.72. The van der Waals surface area contributed by atoms with Crippen molar-refractivity contribution in [2.24, 2.45) is 0 Å². The fourth-order valence-electron chi connectivity index (χ4n) is 3.72. The summed E-state index contributed by atoms with van der Waals surface area (Å²) in [5.74, 6) is 0. The van der Waals surface area contributed by atoms with E-state index >= 15 is 0 Å². The minimum Gasteiger partial charge on any atom is -0.296 e. The second-order valence-corrected chi connectivity index (χ2v) is 6.54. The summed E-state index contributed by atoms with van der Waals surface area (Å²) in [6.07, 6.45) is 3.22. The Hall–Kier alpha value is -3.66. The second-order valence-electron chi connectivity index (χ2n) is 6.54. The highest BCUT2D eigenvalue weighted by Gasteiger charge is 2.19. The van der Waals surface area contributed by atoms with Gasteiger partial charge in [0.1, 0.15) is 12.7 Å². The summed E-state index contributed by atoms with van der Waals surface area (Å²) in [5, 5.41) is 9.16. The van der Waals surface area contributed by atoms with Crippen molar-refractivity contribution in [1.29, 1.82) is 0 Å². The van der Waals surface area contributed by atoms with E-state index in [0.29, 0.717) is 0 Å². The number of aromatic nitrogens is 3. The van der Waals surface area contributed by atoms with E-state index in [1.165, 1.54) is 39.0 Å². The zero-order valence-electron chi connectivity index (χ0n) is 14.7. The monoisotopic (exact) mass is 350 g/mol. The van der Waals surface area contributed by atoms with Crippen molar-refractivity contribution in [1.82, 2.24) is 14.9 Å². The summed E-state index contributed by atoms with van der Waals surface area (Å²) in [7, 11) is 0. The van der Waals surface area contributed by atoms with Gasteiger partial charge < -0.3 is 0 Å². The maximum absolute atomic E-state index is 4.26. The van der Waals surface area contributed by atoms with Crippen molar-refractivity contribution in [3.63, 3.8) is 0 Å². The summed E-state index contributed by atoms with van der Waals surface area (Å²) in [6.45, 7) is 0. The van der Waals surface area contributed by atoms with Crippen LogP contribution in [-0.4, -0.2) is 14.9 Å². The molecule has 4 nitrogen and oxygen atoms in total. The lowest BCUT2D eigenvalue weighted by molar-refractivity contribution is 0.684. The van der Waals surface area contributed by atoms with Crippen LogP contribution in [0.25, 0.3) is 21.5 Å². The number of hydrogen-bond donors (Lipinski definition) is 1. The Morgan fingerprint density at radius 1 is 0.667 bits per heavy atom. The lowest BCUT2D eigenvalue weighted by Crippen LogP contribution is -2.23. The predicted molar refractivity (Wildman–Crippen MR) is 109 cm³/mol. The van der Waals surface area contributed by atoms with Gasteiger partial charge in [-0.3, -0.25) is 5.43 Å². The lowest BCUT2D eigenvalue weighted by Gasteiger charge is -2.23. The van der Waals surface area contributed by atoms with Gasteiger partial charge in [0.2, 0.25) is 0 Å². The Labute approximate surface area is 157 Å². The maximum Gasteiger partial charge on any atom is 0.139 e. The van der Waals surface area contributed by atoms with Gasteiger partial charge in [-0.1, -0.05) is 84.9 Å². The van der Waals surface area contributed by atoms with Crippen LogP contribution in [0.5, 0.6) is 0 Å². The molecule has 5 aromatic rings. The average Bonchev–Trinajstić information content (AvgIpc) is 3.25.